The van der Waals surface area contributed by atoms with E-state index in [-0.39, 0.29) is 0 Å². The fourth-order valence-corrected chi connectivity index (χ4v) is 3.94. The number of rotatable bonds is 3. The lowest BCUT2D eigenvalue weighted by Crippen LogP contribution is -2.67. The number of piperazine rings is 3. The van der Waals surface area contributed by atoms with Gasteiger partial charge < -0.3 is 0 Å². The molecule has 4 heteroatoms. The molecular weight excluding hydrogens is 236 g/mol. The third-order valence-electron chi connectivity index (χ3n) is 5.11. The highest BCUT2D eigenvalue weighted by atomic mass is 15.4. The van der Waals surface area contributed by atoms with E-state index in [0.717, 1.165) is 0 Å². The Morgan fingerprint density at radius 3 is 2.58 bits per heavy atom. The zero-order valence-corrected chi connectivity index (χ0v) is 12.0. The van der Waals surface area contributed by atoms with Crippen LogP contribution < -0.4 is 11.3 Å². The summed E-state index contributed by atoms with van der Waals surface area (Å²) in [5.41, 5.74) is 4.71. The fraction of sp³-hybridized carbons (Fsp3) is 0.867. The maximum absolute atomic E-state index is 5.92. The van der Waals surface area contributed by atoms with Crippen LogP contribution in [0.1, 0.15) is 38.5 Å². The summed E-state index contributed by atoms with van der Waals surface area (Å²) in [6.45, 7) is 6.11. The standard InChI is InChI=1S/C15H28N4/c16-17-15(13-6-4-2-1-3-5-7-13)14-12-18-8-10-19(14)11-9-18/h6,14-15,17H,1-5,7-12,16H2. The Bertz CT molecular complexity index is 320. The fourth-order valence-electron chi connectivity index (χ4n) is 3.94. The average Bonchev–Trinajstić information content (AvgIpc) is 2.43. The molecule has 2 atom stereocenters. The minimum atomic E-state index is 0.362. The van der Waals surface area contributed by atoms with Crippen molar-refractivity contribution in [2.75, 3.05) is 32.7 Å². The van der Waals surface area contributed by atoms with E-state index in [4.69, 9.17) is 5.84 Å². The molecule has 0 aromatic heterocycles. The van der Waals surface area contributed by atoms with Crippen molar-refractivity contribution in [3.8, 4) is 0 Å². The molecule has 3 saturated heterocycles. The summed E-state index contributed by atoms with van der Waals surface area (Å²) in [4.78, 5) is 5.24. The first-order valence-electron chi connectivity index (χ1n) is 8.00. The van der Waals surface area contributed by atoms with Gasteiger partial charge in [0.15, 0.2) is 0 Å². The highest BCUT2D eigenvalue weighted by molar-refractivity contribution is 5.16. The maximum Gasteiger partial charge on any atom is 0.0587 e. The van der Waals surface area contributed by atoms with Gasteiger partial charge in [0, 0.05) is 38.8 Å². The van der Waals surface area contributed by atoms with Gasteiger partial charge >= 0.3 is 0 Å². The zero-order valence-electron chi connectivity index (χ0n) is 12.0. The molecule has 0 aromatic rings. The van der Waals surface area contributed by atoms with E-state index in [9.17, 15) is 0 Å². The second-order valence-corrected chi connectivity index (χ2v) is 6.28. The monoisotopic (exact) mass is 264 g/mol. The van der Waals surface area contributed by atoms with Crippen LogP contribution in [0.15, 0.2) is 11.6 Å². The first-order valence-corrected chi connectivity index (χ1v) is 8.00. The average molecular weight is 264 g/mol. The van der Waals surface area contributed by atoms with Crippen molar-refractivity contribution in [2.24, 2.45) is 5.84 Å². The summed E-state index contributed by atoms with van der Waals surface area (Å²) in [7, 11) is 0. The SMILES string of the molecule is NNC(C1=CCCCCCC1)C1CN2CCN1CC2. The molecule has 3 heterocycles. The highest BCUT2D eigenvalue weighted by Crippen LogP contribution is 2.26. The molecule has 0 aromatic carbocycles. The molecule has 0 radical (unpaired) electrons. The van der Waals surface area contributed by atoms with Gasteiger partial charge in [0.05, 0.1) is 6.04 Å². The molecule has 0 amide bonds. The Morgan fingerprint density at radius 2 is 1.89 bits per heavy atom. The predicted octanol–water partition coefficient (Wildman–Crippen LogP) is 1.10. The quantitative estimate of drug-likeness (QED) is 0.455. The largest absolute Gasteiger partial charge is 0.299 e. The molecule has 2 unspecified atom stereocenters. The maximum atomic E-state index is 5.92. The molecule has 19 heavy (non-hydrogen) atoms. The van der Waals surface area contributed by atoms with Crippen LogP contribution in [-0.4, -0.2) is 54.6 Å². The molecule has 0 saturated carbocycles. The van der Waals surface area contributed by atoms with Crippen LogP contribution in [0.4, 0.5) is 0 Å². The van der Waals surface area contributed by atoms with Gasteiger partial charge in [-0.05, 0) is 25.7 Å². The van der Waals surface area contributed by atoms with Gasteiger partial charge in [-0.1, -0.05) is 24.5 Å². The number of hydrogen-bond acceptors (Lipinski definition) is 4. The third-order valence-corrected chi connectivity index (χ3v) is 5.11. The van der Waals surface area contributed by atoms with Crippen LogP contribution in [0.5, 0.6) is 0 Å². The van der Waals surface area contributed by atoms with Gasteiger partial charge in [-0.25, -0.2) is 0 Å². The molecule has 1 aliphatic carbocycles. The number of hydrogen-bond donors (Lipinski definition) is 2. The number of hydrazine groups is 1. The molecule has 108 valence electrons. The van der Waals surface area contributed by atoms with E-state index in [2.05, 4.69) is 21.3 Å². The summed E-state index contributed by atoms with van der Waals surface area (Å²) in [5, 5.41) is 0. The lowest BCUT2D eigenvalue weighted by Gasteiger charge is -2.50. The second-order valence-electron chi connectivity index (χ2n) is 6.28. The van der Waals surface area contributed by atoms with Gasteiger partial charge in [0.2, 0.25) is 0 Å². The molecule has 2 bridgehead atoms. The number of nitrogens with two attached hydrogens (primary N) is 1. The van der Waals surface area contributed by atoms with Crippen LogP contribution >= 0.6 is 0 Å². The number of allylic oxidation sites excluding steroid dienone is 1. The first kappa shape index (κ1) is 13.6. The lowest BCUT2D eigenvalue weighted by molar-refractivity contribution is 0.00159. The molecule has 3 aliphatic heterocycles. The van der Waals surface area contributed by atoms with Gasteiger partial charge in [0.25, 0.3) is 0 Å². The summed E-state index contributed by atoms with van der Waals surface area (Å²) < 4.78 is 0. The van der Waals surface area contributed by atoms with Crippen molar-refractivity contribution in [2.45, 2.75) is 50.6 Å². The van der Waals surface area contributed by atoms with E-state index < -0.39 is 0 Å². The van der Waals surface area contributed by atoms with Crippen molar-refractivity contribution in [1.82, 2.24) is 15.2 Å². The van der Waals surface area contributed by atoms with E-state index in [1.807, 2.05) is 0 Å². The smallest absolute Gasteiger partial charge is 0.0587 e. The van der Waals surface area contributed by atoms with E-state index in [0.29, 0.717) is 12.1 Å². The summed E-state index contributed by atoms with van der Waals surface area (Å²) in [6.07, 6.45) is 10.4. The van der Waals surface area contributed by atoms with Crippen LogP contribution in [0, 0.1) is 0 Å². The van der Waals surface area contributed by atoms with Crippen LogP contribution in [-0.2, 0) is 0 Å². The van der Waals surface area contributed by atoms with Gasteiger partial charge in [-0.2, -0.15) is 0 Å². The predicted molar refractivity (Wildman–Crippen MR) is 78.7 cm³/mol. The molecule has 0 spiro atoms. The third kappa shape index (κ3) is 3.02. The number of nitrogens with one attached hydrogen (secondary N) is 1. The van der Waals surface area contributed by atoms with Crippen molar-refractivity contribution >= 4 is 0 Å². The first-order chi connectivity index (χ1) is 9.38. The summed E-state index contributed by atoms with van der Waals surface area (Å²) in [5.74, 6) is 5.92. The Hall–Kier alpha value is -0.420. The van der Waals surface area contributed by atoms with Crippen molar-refractivity contribution in [3.05, 3.63) is 11.6 Å². The van der Waals surface area contributed by atoms with Gasteiger partial charge in [-0.15, -0.1) is 0 Å². The van der Waals surface area contributed by atoms with Gasteiger partial charge in [-0.3, -0.25) is 21.1 Å². The molecule has 4 aliphatic rings. The minimum Gasteiger partial charge on any atom is -0.299 e. The van der Waals surface area contributed by atoms with Crippen LogP contribution in [0.3, 0.4) is 0 Å². The van der Waals surface area contributed by atoms with Gasteiger partial charge in [0.1, 0.15) is 0 Å². The minimum absolute atomic E-state index is 0.362. The molecule has 4 nitrogen and oxygen atoms in total. The molecular formula is C15H28N4. The van der Waals surface area contributed by atoms with E-state index >= 15 is 0 Å². The Labute approximate surface area is 117 Å². The van der Waals surface area contributed by atoms with Crippen molar-refractivity contribution in [1.29, 1.82) is 0 Å². The molecule has 3 N–H and O–H groups in total. The number of nitrogens with zero attached hydrogens (tertiary/aromatic N) is 2. The lowest BCUT2D eigenvalue weighted by atomic mass is 9.88. The summed E-state index contributed by atoms with van der Waals surface area (Å²) in [6, 6.07) is 0.944. The summed E-state index contributed by atoms with van der Waals surface area (Å²) >= 11 is 0. The molecule has 4 rings (SSSR count). The Balaban J connectivity index is 1.72. The Kier molecular flexibility index (Phi) is 4.53. The van der Waals surface area contributed by atoms with Crippen molar-refractivity contribution in [3.63, 3.8) is 0 Å². The van der Waals surface area contributed by atoms with Crippen LogP contribution in [0.25, 0.3) is 0 Å². The normalized spacial score (nSPS) is 37.3. The molecule has 3 fully saturated rings. The Morgan fingerprint density at radius 1 is 1.11 bits per heavy atom. The highest BCUT2D eigenvalue weighted by Gasteiger charge is 2.37. The van der Waals surface area contributed by atoms with E-state index in [1.165, 1.54) is 71.2 Å². The van der Waals surface area contributed by atoms with Crippen LogP contribution in [0.2, 0.25) is 0 Å². The second kappa shape index (κ2) is 6.35. The topological polar surface area (TPSA) is 44.5 Å². The van der Waals surface area contributed by atoms with Crippen molar-refractivity contribution < 1.29 is 0 Å². The zero-order chi connectivity index (χ0) is 13.1. The van der Waals surface area contributed by atoms with E-state index in [1.54, 1.807) is 5.57 Å². The number of fused-ring (bicyclic) bond motifs is 3.